The number of hydrogen-bond acceptors (Lipinski definition) is 4. The van der Waals surface area contributed by atoms with Crippen molar-refractivity contribution >= 4 is 22.9 Å². The van der Waals surface area contributed by atoms with E-state index in [0.29, 0.717) is 5.56 Å². The molecule has 22 heavy (non-hydrogen) atoms. The van der Waals surface area contributed by atoms with Gasteiger partial charge in [-0.15, -0.1) is 11.3 Å². The van der Waals surface area contributed by atoms with E-state index < -0.39 is 0 Å². The summed E-state index contributed by atoms with van der Waals surface area (Å²) >= 11 is 1.48. The van der Waals surface area contributed by atoms with Gasteiger partial charge in [0, 0.05) is 18.8 Å². The summed E-state index contributed by atoms with van der Waals surface area (Å²) in [5.74, 6) is -0.118. The molecule has 1 aromatic heterocycles. The Hall–Kier alpha value is -1.85. The Morgan fingerprint density at radius 1 is 1.36 bits per heavy atom. The lowest BCUT2D eigenvalue weighted by Gasteiger charge is -2.15. The molecule has 1 aromatic carbocycles. The van der Waals surface area contributed by atoms with Crippen LogP contribution in [-0.4, -0.2) is 36.5 Å². The van der Waals surface area contributed by atoms with Crippen LogP contribution in [0.15, 0.2) is 41.8 Å². The third-order valence-electron chi connectivity index (χ3n) is 3.86. The third kappa shape index (κ3) is 3.48. The monoisotopic (exact) mass is 316 g/mol. The summed E-state index contributed by atoms with van der Waals surface area (Å²) in [6.45, 7) is 5.21. The van der Waals surface area contributed by atoms with Crippen LogP contribution in [0, 0.1) is 0 Å². The highest BCUT2D eigenvalue weighted by atomic mass is 32.1. The predicted molar refractivity (Wildman–Crippen MR) is 89.9 cm³/mol. The molecule has 1 unspecified atom stereocenters. The molecule has 4 nitrogen and oxygen atoms in total. The Morgan fingerprint density at radius 3 is 2.91 bits per heavy atom. The second kappa shape index (κ2) is 6.94. The molecule has 1 N–H and O–H groups in total. The van der Waals surface area contributed by atoms with Crippen LogP contribution in [-0.2, 0) is 0 Å². The van der Waals surface area contributed by atoms with Gasteiger partial charge in [0.05, 0.1) is 5.56 Å². The van der Waals surface area contributed by atoms with Crippen LogP contribution >= 0.6 is 11.3 Å². The summed E-state index contributed by atoms with van der Waals surface area (Å²) in [5.41, 5.74) is 1.41. The van der Waals surface area contributed by atoms with Crippen molar-refractivity contribution in [1.29, 1.82) is 0 Å². The molecule has 0 saturated carbocycles. The first-order valence-corrected chi connectivity index (χ1v) is 8.47. The zero-order valence-corrected chi connectivity index (χ0v) is 13.4. The van der Waals surface area contributed by atoms with E-state index in [1.165, 1.54) is 11.3 Å². The zero-order valence-electron chi connectivity index (χ0n) is 12.6. The second-order valence-corrected chi connectivity index (χ2v) is 6.24. The highest BCUT2D eigenvalue weighted by molar-refractivity contribution is 7.12. The van der Waals surface area contributed by atoms with Crippen LogP contribution in [0.25, 0.3) is 0 Å². The third-order valence-corrected chi connectivity index (χ3v) is 4.66. The smallest absolute Gasteiger partial charge is 0.260 e. The van der Waals surface area contributed by atoms with Crippen LogP contribution in [0.5, 0.6) is 5.06 Å². The number of carbonyl (C=O) groups is 1. The molecular weight excluding hydrogens is 296 g/mol. The average molecular weight is 316 g/mol. The van der Waals surface area contributed by atoms with E-state index in [0.717, 1.165) is 36.8 Å². The van der Waals surface area contributed by atoms with Gasteiger partial charge in [-0.2, -0.15) is 0 Å². The fraction of sp³-hybridized carbons (Fsp3) is 0.353. The van der Waals surface area contributed by atoms with Crippen LogP contribution in [0.3, 0.4) is 0 Å². The van der Waals surface area contributed by atoms with Crippen LogP contribution in [0.2, 0.25) is 0 Å². The number of benzene rings is 1. The Labute approximate surface area is 134 Å². The van der Waals surface area contributed by atoms with Gasteiger partial charge in [0.1, 0.15) is 6.10 Å². The number of carbonyl (C=O) groups excluding carboxylic acids is 1. The molecule has 1 atom stereocenters. The van der Waals surface area contributed by atoms with E-state index in [2.05, 4.69) is 17.1 Å². The SMILES string of the molecule is CCN1CCC(Oc2sccc2C(=O)Nc2ccccc2)C1. The number of nitrogens with zero attached hydrogens (tertiary/aromatic N) is 1. The lowest BCUT2D eigenvalue weighted by atomic mass is 10.2. The van der Waals surface area contributed by atoms with Crippen LogP contribution in [0.4, 0.5) is 5.69 Å². The van der Waals surface area contributed by atoms with Gasteiger partial charge < -0.3 is 10.1 Å². The predicted octanol–water partition coefficient (Wildman–Crippen LogP) is 3.47. The van der Waals surface area contributed by atoms with E-state index in [1.54, 1.807) is 0 Å². The van der Waals surface area contributed by atoms with Crippen LogP contribution < -0.4 is 10.1 Å². The normalized spacial score (nSPS) is 18.3. The van der Waals surface area contributed by atoms with Crippen molar-refractivity contribution in [3.8, 4) is 5.06 Å². The molecular formula is C17H20N2O2S. The van der Waals surface area contributed by atoms with Crippen molar-refractivity contribution in [2.24, 2.45) is 0 Å². The summed E-state index contributed by atoms with van der Waals surface area (Å²) in [7, 11) is 0. The number of anilines is 1. The summed E-state index contributed by atoms with van der Waals surface area (Å²) in [6, 6.07) is 11.3. The number of para-hydroxylation sites is 1. The summed E-state index contributed by atoms with van der Waals surface area (Å²) < 4.78 is 6.05. The first-order valence-electron chi connectivity index (χ1n) is 7.59. The second-order valence-electron chi connectivity index (χ2n) is 5.36. The molecule has 1 aliphatic rings. The molecule has 1 aliphatic heterocycles. The van der Waals surface area contributed by atoms with Crippen molar-refractivity contribution in [3.05, 3.63) is 47.3 Å². The molecule has 5 heteroatoms. The molecule has 116 valence electrons. The van der Waals surface area contributed by atoms with Crippen LogP contribution in [0.1, 0.15) is 23.7 Å². The maximum absolute atomic E-state index is 12.4. The first kappa shape index (κ1) is 15.1. The number of likely N-dealkylation sites (N-methyl/N-ethyl adjacent to an activating group) is 1. The summed E-state index contributed by atoms with van der Waals surface area (Å²) in [5, 5.41) is 5.53. The number of rotatable bonds is 5. The highest BCUT2D eigenvalue weighted by Crippen LogP contribution is 2.29. The number of nitrogens with one attached hydrogen (secondary N) is 1. The lowest BCUT2D eigenvalue weighted by molar-refractivity contribution is 0.102. The average Bonchev–Trinajstić information content (AvgIpc) is 3.18. The minimum absolute atomic E-state index is 0.118. The molecule has 3 rings (SSSR count). The summed E-state index contributed by atoms with van der Waals surface area (Å²) in [4.78, 5) is 14.8. The Bertz CT molecular complexity index is 627. The van der Waals surface area contributed by atoms with E-state index in [9.17, 15) is 4.79 Å². The van der Waals surface area contributed by atoms with Crippen molar-refractivity contribution in [2.75, 3.05) is 25.0 Å². The van der Waals surface area contributed by atoms with Crippen molar-refractivity contribution < 1.29 is 9.53 Å². The number of likely N-dealkylation sites (tertiary alicyclic amines) is 1. The Morgan fingerprint density at radius 2 is 2.18 bits per heavy atom. The van der Waals surface area contributed by atoms with Gasteiger partial charge in [-0.05, 0) is 36.5 Å². The molecule has 0 bridgehead atoms. The summed E-state index contributed by atoms with van der Waals surface area (Å²) in [6.07, 6.45) is 1.20. The van der Waals surface area contributed by atoms with Gasteiger partial charge in [0.25, 0.3) is 5.91 Å². The number of hydrogen-bond donors (Lipinski definition) is 1. The quantitative estimate of drug-likeness (QED) is 0.918. The molecule has 1 saturated heterocycles. The van der Waals surface area contributed by atoms with Gasteiger partial charge >= 0.3 is 0 Å². The largest absolute Gasteiger partial charge is 0.479 e. The maximum atomic E-state index is 12.4. The minimum Gasteiger partial charge on any atom is -0.479 e. The van der Waals surface area contributed by atoms with E-state index >= 15 is 0 Å². The van der Waals surface area contributed by atoms with Gasteiger partial charge in [0.2, 0.25) is 0 Å². The van der Waals surface area contributed by atoms with Gasteiger partial charge in [0.15, 0.2) is 5.06 Å². The lowest BCUT2D eigenvalue weighted by Crippen LogP contribution is -2.25. The molecule has 0 radical (unpaired) electrons. The molecule has 2 aromatic rings. The van der Waals surface area contributed by atoms with E-state index in [1.807, 2.05) is 41.8 Å². The highest BCUT2D eigenvalue weighted by Gasteiger charge is 2.25. The Balaban J connectivity index is 1.65. The zero-order chi connectivity index (χ0) is 15.4. The fourth-order valence-corrected chi connectivity index (χ4v) is 3.41. The molecule has 0 aliphatic carbocycles. The number of ether oxygens (including phenoxy) is 1. The van der Waals surface area contributed by atoms with Gasteiger partial charge in [-0.25, -0.2) is 0 Å². The van der Waals surface area contributed by atoms with Crippen molar-refractivity contribution in [1.82, 2.24) is 4.90 Å². The van der Waals surface area contributed by atoms with E-state index in [-0.39, 0.29) is 12.0 Å². The van der Waals surface area contributed by atoms with Gasteiger partial charge in [-0.1, -0.05) is 25.1 Å². The number of thiophene rings is 1. The van der Waals surface area contributed by atoms with Crippen molar-refractivity contribution in [2.45, 2.75) is 19.4 Å². The molecule has 1 fully saturated rings. The first-order chi connectivity index (χ1) is 10.8. The fourth-order valence-electron chi connectivity index (χ4n) is 2.61. The standard InChI is InChI=1S/C17H20N2O2S/c1-2-19-10-8-14(12-19)21-17-15(9-11-22-17)16(20)18-13-6-4-3-5-7-13/h3-7,9,11,14H,2,8,10,12H2,1H3,(H,18,20). The molecule has 1 amide bonds. The Kier molecular flexibility index (Phi) is 4.75. The number of amides is 1. The van der Waals surface area contributed by atoms with Crippen molar-refractivity contribution in [3.63, 3.8) is 0 Å². The molecule has 2 heterocycles. The molecule has 0 spiro atoms. The van der Waals surface area contributed by atoms with E-state index in [4.69, 9.17) is 4.74 Å². The minimum atomic E-state index is -0.118. The van der Waals surface area contributed by atoms with Gasteiger partial charge in [-0.3, -0.25) is 9.69 Å². The topological polar surface area (TPSA) is 41.6 Å². The maximum Gasteiger partial charge on any atom is 0.260 e.